The van der Waals surface area contributed by atoms with Crippen molar-refractivity contribution >= 4 is 5.91 Å². The molecule has 1 saturated heterocycles. The lowest BCUT2D eigenvalue weighted by molar-refractivity contribution is -0.131. The Morgan fingerprint density at radius 2 is 2.06 bits per heavy atom. The highest BCUT2D eigenvalue weighted by Crippen LogP contribution is 2.23. The number of hydrogen-bond donors (Lipinski definition) is 1. The number of likely N-dealkylation sites (tertiary alicyclic amines) is 1. The minimum atomic E-state index is 0.241. The topological polar surface area (TPSA) is 43.8 Å². The molecule has 0 saturated carbocycles. The number of carbonyl (C=O) groups excluding carboxylic acids is 1. The Bertz CT molecular complexity index is 254. The highest BCUT2D eigenvalue weighted by atomic mass is 16.3. The molecule has 4 heteroatoms. The predicted molar refractivity (Wildman–Crippen MR) is 73.4 cm³/mol. The molecule has 0 aromatic carbocycles. The standard InChI is InChI=1S/C14H28N2O2/c1-4-15(5-2)14(18)7-6-9-16-10-8-12(3)13(16)11-17/h12-13,17H,4-11H2,1-3H3. The Morgan fingerprint density at radius 1 is 1.39 bits per heavy atom. The summed E-state index contributed by atoms with van der Waals surface area (Å²) in [4.78, 5) is 16.1. The van der Waals surface area contributed by atoms with Gasteiger partial charge in [-0.1, -0.05) is 6.92 Å². The molecule has 0 aromatic rings. The van der Waals surface area contributed by atoms with Crippen molar-refractivity contribution in [3.63, 3.8) is 0 Å². The van der Waals surface area contributed by atoms with Crippen molar-refractivity contribution < 1.29 is 9.90 Å². The molecule has 1 amide bonds. The summed E-state index contributed by atoms with van der Waals surface area (Å²) in [5, 5.41) is 9.36. The maximum absolute atomic E-state index is 11.9. The largest absolute Gasteiger partial charge is 0.395 e. The molecule has 1 aliphatic rings. The van der Waals surface area contributed by atoms with Crippen LogP contribution < -0.4 is 0 Å². The first-order valence-electron chi connectivity index (χ1n) is 7.26. The average Bonchev–Trinajstić information content (AvgIpc) is 2.71. The molecule has 0 aromatic heterocycles. The van der Waals surface area contributed by atoms with E-state index in [9.17, 15) is 9.90 Å². The summed E-state index contributed by atoms with van der Waals surface area (Å²) >= 11 is 0. The van der Waals surface area contributed by atoms with Gasteiger partial charge in [-0.3, -0.25) is 9.69 Å². The fraction of sp³-hybridized carbons (Fsp3) is 0.929. The van der Waals surface area contributed by atoms with Crippen LogP contribution in [0.4, 0.5) is 0 Å². The Balaban J connectivity index is 2.27. The summed E-state index contributed by atoms with van der Waals surface area (Å²) in [6.07, 6.45) is 2.69. The van der Waals surface area contributed by atoms with Gasteiger partial charge in [-0.05, 0) is 45.7 Å². The third kappa shape index (κ3) is 3.95. The molecule has 1 aliphatic heterocycles. The van der Waals surface area contributed by atoms with Crippen LogP contribution in [0.1, 0.15) is 40.0 Å². The molecule has 0 bridgehead atoms. The van der Waals surface area contributed by atoms with Gasteiger partial charge in [-0.25, -0.2) is 0 Å². The Hall–Kier alpha value is -0.610. The average molecular weight is 256 g/mol. The summed E-state index contributed by atoms with van der Waals surface area (Å²) in [6, 6.07) is 0.300. The Morgan fingerprint density at radius 3 is 2.61 bits per heavy atom. The zero-order valence-corrected chi connectivity index (χ0v) is 12.1. The van der Waals surface area contributed by atoms with Gasteiger partial charge < -0.3 is 10.0 Å². The van der Waals surface area contributed by atoms with Crippen LogP contribution in [-0.4, -0.2) is 59.6 Å². The smallest absolute Gasteiger partial charge is 0.222 e. The SMILES string of the molecule is CCN(CC)C(=O)CCCN1CCC(C)C1CO. The van der Waals surface area contributed by atoms with Crippen molar-refractivity contribution in [3.05, 3.63) is 0 Å². The molecule has 0 aliphatic carbocycles. The third-order valence-corrected chi connectivity index (χ3v) is 4.14. The molecule has 1 rings (SSSR count). The molecule has 0 spiro atoms. The lowest BCUT2D eigenvalue weighted by Gasteiger charge is -2.25. The first-order chi connectivity index (χ1) is 8.63. The zero-order chi connectivity index (χ0) is 13.5. The highest BCUT2D eigenvalue weighted by molar-refractivity contribution is 5.76. The van der Waals surface area contributed by atoms with E-state index in [0.29, 0.717) is 18.4 Å². The van der Waals surface area contributed by atoms with Crippen LogP contribution in [0, 0.1) is 5.92 Å². The van der Waals surface area contributed by atoms with Crippen molar-refractivity contribution in [1.29, 1.82) is 0 Å². The molecule has 2 unspecified atom stereocenters. The van der Waals surface area contributed by atoms with Crippen LogP contribution >= 0.6 is 0 Å². The van der Waals surface area contributed by atoms with Crippen molar-refractivity contribution in [2.75, 3.05) is 32.8 Å². The number of aliphatic hydroxyl groups is 1. The molecule has 4 nitrogen and oxygen atoms in total. The van der Waals surface area contributed by atoms with Gasteiger partial charge in [-0.15, -0.1) is 0 Å². The molecule has 0 radical (unpaired) electrons. The van der Waals surface area contributed by atoms with E-state index in [4.69, 9.17) is 0 Å². The van der Waals surface area contributed by atoms with Gasteiger partial charge >= 0.3 is 0 Å². The first-order valence-corrected chi connectivity index (χ1v) is 7.26. The van der Waals surface area contributed by atoms with Crippen LogP contribution in [0.5, 0.6) is 0 Å². The van der Waals surface area contributed by atoms with Gasteiger partial charge in [-0.2, -0.15) is 0 Å². The lowest BCUT2D eigenvalue weighted by Crippen LogP contribution is -2.36. The van der Waals surface area contributed by atoms with Gasteiger partial charge in [0.1, 0.15) is 0 Å². The Kier molecular flexibility index (Phi) is 6.65. The van der Waals surface area contributed by atoms with E-state index in [1.807, 2.05) is 18.7 Å². The number of hydrogen-bond acceptors (Lipinski definition) is 3. The third-order valence-electron chi connectivity index (χ3n) is 4.14. The molecule has 1 heterocycles. The molecule has 1 N–H and O–H groups in total. The summed E-state index contributed by atoms with van der Waals surface area (Å²) in [7, 11) is 0. The second kappa shape index (κ2) is 7.74. The lowest BCUT2D eigenvalue weighted by atomic mass is 10.0. The fourth-order valence-corrected chi connectivity index (χ4v) is 2.83. The van der Waals surface area contributed by atoms with E-state index >= 15 is 0 Å². The number of nitrogens with zero attached hydrogens (tertiary/aromatic N) is 2. The van der Waals surface area contributed by atoms with Gasteiger partial charge in [0, 0.05) is 25.6 Å². The van der Waals surface area contributed by atoms with E-state index in [0.717, 1.165) is 39.0 Å². The maximum Gasteiger partial charge on any atom is 0.222 e. The van der Waals surface area contributed by atoms with Crippen molar-refractivity contribution in [2.24, 2.45) is 5.92 Å². The van der Waals surface area contributed by atoms with E-state index < -0.39 is 0 Å². The highest BCUT2D eigenvalue weighted by Gasteiger charge is 2.29. The second-order valence-electron chi connectivity index (χ2n) is 5.22. The molecule has 18 heavy (non-hydrogen) atoms. The van der Waals surface area contributed by atoms with Crippen LogP contribution in [0.3, 0.4) is 0 Å². The molecular weight excluding hydrogens is 228 g/mol. The van der Waals surface area contributed by atoms with E-state index in [-0.39, 0.29) is 12.5 Å². The van der Waals surface area contributed by atoms with Gasteiger partial charge in [0.15, 0.2) is 0 Å². The van der Waals surface area contributed by atoms with Gasteiger partial charge in [0.25, 0.3) is 0 Å². The van der Waals surface area contributed by atoms with Crippen molar-refractivity contribution in [3.8, 4) is 0 Å². The Labute approximate surface area is 111 Å². The molecule has 2 atom stereocenters. The first kappa shape index (κ1) is 15.4. The quantitative estimate of drug-likeness (QED) is 0.747. The van der Waals surface area contributed by atoms with Gasteiger partial charge in [0.2, 0.25) is 5.91 Å². The van der Waals surface area contributed by atoms with Crippen LogP contribution in [0.2, 0.25) is 0 Å². The molecule has 1 fully saturated rings. The summed E-state index contributed by atoms with van der Waals surface area (Å²) < 4.78 is 0. The summed E-state index contributed by atoms with van der Waals surface area (Å²) in [5.41, 5.74) is 0. The van der Waals surface area contributed by atoms with Crippen LogP contribution in [-0.2, 0) is 4.79 Å². The normalized spacial score (nSPS) is 24.4. The fourth-order valence-electron chi connectivity index (χ4n) is 2.83. The second-order valence-corrected chi connectivity index (χ2v) is 5.22. The number of amides is 1. The van der Waals surface area contributed by atoms with Crippen LogP contribution in [0.15, 0.2) is 0 Å². The number of carbonyl (C=O) groups is 1. The summed E-state index contributed by atoms with van der Waals surface area (Å²) in [5.74, 6) is 0.835. The van der Waals surface area contributed by atoms with E-state index in [1.54, 1.807) is 0 Å². The zero-order valence-electron chi connectivity index (χ0n) is 12.1. The van der Waals surface area contributed by atoms with E-state index in [1.165, 1.54) is 0 Å². The minimum Gasteiger partial charge on any atom is -0.395 e. The molecule has 106 valence electrons. The summed E-state index contributed by atoms with van der Waals surface area (Å²) in [6.45, 7) is 10.1. The van der Waals surface area contributed by atoms with Crippen LogP contribution in [0.25, 0.3) is 0 Å². The monoisotopic (exact) mass is 256 g/mol. The maximum atomic E-state index is 11.9. The molecular formula is C14H28N2O2. The van der Waals surface area contributed by atoms with Gasteiger partial charge in [0.05, 0.1) is 6.61 Å². The minimum absolute atomic E-state index is 0.241. The van der Waals surface area contributed by atoms with E-state index in [2.05, 4.69) is 11.8 Å². The van der Waals surface area contributed by atoms with Crippen molar-refractivity contribution in [2.45, 2.75) is 46.1 Å². The number of aliphatic hydroxyl groups excluding tert-OH is 1. The predicted octanol–water partition coefficient (Wildman–Crippen LogP) is 1.34. The van der Waals surface area contributed by atoms with Crippen molar-refractivity contribution in [1.82, 2.24) is 9.80 Å². The number of rotatable bonds is 7.